The Morgan fingerprint density at radius 2 is 1.71 bits per heavy atom. The van der Waals surface area contributed by atoms with Gasteiger partial charge in [-0.1, -0.05) is 63.2 Å². The fourth-order valence-electron chi connectivity index (χ4n) is 3.08. The molecule has 114 valence electrons. The summed E-state index contributed by atoms with van der Waals surface area (Å²) in [5.41, 5.74) is 1.41. The van der Waals surface area contributed by atoms with Gasteiger partial charge in [-0.3, -0.25) is 0 Å². The maximum absolute atomic E-state index is 3.65. The molecule has 1 atom stereocenters. The van der Waals surface area contributed by atoms with E-state index in [4.69, 9.17) is 0 Å². The highest BCUT2D eigenvalue weighted by atomic mass is 15.1. The van der Waals surface area contributed by atoms with Crippen LogP contribution in [0.15, 0.2) is 42.5 Å². The van der Waals surface area contributed by atoms with E-state index in [1.807, 2.05) is 0 Å². The second-order valence-electron chi connectivity index (χ2n) is 6.29. The van der Waals surface area contributed by atoms with Crippen molar-refractivity contribution in [3.05, 3.63) is 48.0 Å². The molecular formula is C19H28N2. The lowest BCUT2D eigenvalue weighted by Gasteiger charge is -2.27. The Morgan fingerprint density at radius 1 is 1.00 bits per heavy atom. The summed E-state index contributed by atoms with van der Waals surface area (Å²) in [5.74, 6) is 0.699. The molecule has 0 amide bonds. The van der Waals surface area contributed by atoms with Gasteiger partial charge in [-0.25, -0.2) is 0 Å². The molecule has 2 aromatic carbocycles. The Labute approximate surface area is 129 Å². The van der Waals surface area contributed by atoms with Crippen molar-refractivity contribution in [3.8, 4) is 0 Å². The number of nitrogens with zero attached hydrogens (tertiary/aromatic N) is 1. The average molecular weight is 284 g/mol. The molecule has 1 unspecified atom stereocenters. The van der Waals surface area contributed by atoms with Gasteiger partial charge in [0.05, 0.1) is 0 Å². The number of hydrogen-bond donors (Lipinski definition) is 1. The third-order valence-corrected chi connectivity index (χ3v) is 3.82. The molecule has 1 N–H and O–H groups in total. The van der Waals surface area contributed by atoms with Crippen LogP contribution in [0.5, 0.6) is 0 Å². The van der Waals surface area contributed by atoms with Gasteiger partial charge in [0.15, 0.2) is 0 Å². The number of hydrogen-bond acceptors (Lipinski definition) is 2. The van der Waals surface area contributed by atoms with E-state index in [1.165, 1.54) is 16.3 Å². The van der Waals surface area contributed by atoms with E-state index in [0.717, 1.165) is 19.6 Å². The molecule has 21 heavy (non-hydrogen) atoms. The first-order chi connectivity index (χ1) is 10.1. The van der Waals surface area contributed by atoms with E-state index < -0.39 is 0 Å². The Balaban J connectivity index is 2.27. The summed E-state index contributed by atoms with van der Waals surface area (Å²) in [7, 11) is 2.22. The molecule has 0 saturated carbocycles. The van der Waals surface area contributed by atoms with E-state index in [0.29, 0.717) is 12.0 Å². The predicted octanol–water partition coefficient (Wildman–Crippen LogP) is 4.08. The Bertz CT molecular complexity index is 557. The summed E-state index contributed by atoms with van der Waals surface area (Å²) in [4.78, 5) is 2.43. The summed E-state index contributed by atoms with van der Waals surface area (Å²) in [6.07, 6.45) is 0. The lowest BCUT2D eigenvalue weighted by atomic mass is 9.98. The first kappa shape index (κ1) is 16.0. The van der Waals surface area contributed by atoms with Gasteiger partial charge in [0.1, 0.15) is 0 Å². The summed E-state index contributed by atoms with van der Waals surface area (Å²) < 4.78 is 0. The molecular weight excluding hydrogens is 256 g/mol. The van der Waals surface area contributed by atoms with E-state index in [-0.39, 0.29) is 0 Å². The monoisotopic (exact) mass is 284 g/mol. The zero-order chi connectivity index (χ0) is 15.2. The van der Waals surface area contributed by atoms with Gasteiger partial charge in [-0.2, -0.15) is 0 Å². The Kier molecular flexibility index (Phi) is 5.77. The van der Waals surface area contributed by atoms with E-state index >= 15 is 0 Å². The maximum Gasteiger partial charge on any atom is 0.0455 e. The smallest absolute Gasteiger partial charge is 0.0455 e. The van der Waals surface area contributed by atoms with Gasteiger partial charge in [-0.05, 0) is 35.8 Å². The SMILES string of the molecule is CCNC(CN(C)CC(C)C)c1cccc2ccccc12. The molecule has 2 heteroatoms. The van der Waals surface area contributed by atoms with Crippen molar-refractivity contribution in [1.82, 2.24) is 10.2 Å². The normalized spacial score (nSPS) is 13.2. The number of nitrogens with one attached hydrogen (secondary N) is 1. The molecule has 0 aliphatic rings. The van der Waals surface area contributed by atoms with Crippen LogP contribution < -0.4 is 5.32 Å². The molecule has 0 spiro atoms. The summed E-state index contributed by atoms with van der Waals surface area (Å²) in [6.45, 7) is 9.89. The van der Waals surface area contributed by atoms with Crippen molar-refractivity contribution in [2.24, 2.45) is 5.92 Å². The van der Waals surface area contributed by atoms with Crippen molar-refractivity contribution in [3.63, 3.8) is 0 Å². The zero-order valence-electron chi connectivity index (χ0n) is 13.8. The zero-order valence-corrected chi connectivity index (χ0v) is 13.8. The fraction of sp³-hybridized carbons (Fsp3) is 0.474. The minimum Gasteiger partial charge on any atom is -0.309 e. The summed E-state index contributed by atoms with van der Waals surface area (Å²) in [5, 5.41) is 6.34. The van der Waals surface area contributed by atoms with Crippen molar-refractivity contribution < 1.29 is 0 Å². The minimum absolute atomic E-state index is 0.379. The molecule has 0 saturated heterocycles. The van der Waals surface area contributed by atoms with Crippen molar-refractivity contribution in [1.29, 1.82) is 0 Å². The molecule has 0 bridgehead atoms. The van der Waals surface area contributed by atoms with Gasteiger partial charge < -0.3 is 10.2 Å². The topological polar surface area (TPSA) is 15.3 Å². The van der Waals surface area contributed by atoms with Crippen LogP contribution in [-0.2, 0) is 0 Å². The molecule has 0 radical (unpaired) electrons. The van der Waals surface area contributed by atoms with Crippen molar-refractivity contribution >= 4 is 10.8 Å². The molecule has 2 rings (SSSR count). The van der Waals surface area contributed by atoms with Crippen LogP contribution in [0, 0.1) is 5.92 Å². The molecule has 0 aliphatic carbocycles. The highest BCUT2D eigenvalue weighted by Crippen LogP contribution is 2.25. The number of rotatable bonds is 7. The van der Waals surface area contributed by atoms with Gasteiger partial charge in [0.25, 0.3) is 0 Å². The third-order valence-electron chi connectivity index (χ3n) is 3.82. The first-order valence-electron chi connectivity index (χ1n) is 8.01. The molecule has 0 aliphatic heterocycles. The second kappa shape index (κ2) is 7.58. The highest BCUT2D eigenvalue weighted by Gasteiger charge is 2.15. The minimum atomic E-state index is 0.379. The third kappa shape index (κ3) is 4.29. The molecule has 2 aromatic rings. The van der Waals surface area contributed by atoms with Crippen LogP contribution in [0.2, 0.25) is 0 Å². The molecule has 0 fully saturated rings. The quantitative estimate of drug-likeness (QED) is 0.824. The van der Waals surface area contributed by atoms with Crippen LogP contribution in [0.1, 0.15) is 32.4 Å². The lowest BCUT2D eigenvalue weighted by molar-refractivity contribution is 0.264. The highest BCUT2D eigenvalue weighted by molar-refractivity contribution is 5.86. The standard InChI is InChI=1S/C19H28N2/c1-5-20-19(14-21(4)13-15(2)3)18-12-8-10-16-9-6-7-11-17(16)18/h6-12,15,19-20H,5,13-14H2,1-4H3. The number of likely N-dealkylation sites (N-methyl/N-ethyl adjacent to an activating group) is 2. The van der Waals surface area contributed by atoms with Crippen LogP contribution >= 0.6 is 0 Å². The van der Waals surface area contributed by atoms with Gasteiger partial charge in [-0.15, -0.1) is 0 Å². The Hall–Kier alpha value is -1.38. The predicted molar refractivity (Wildman–Crippen MR) is 92.7 cm³/mol. The molecule has 2 nitrogen and oxygen atoms in total. The van der Waals surface area contributed by atoms with Crippen LogP contribution in [0.4, 0.5) is 0 Å². The summed E-state index contributed by atoms with van der Waals surface area (Å²) in [6, 6.07) is 15.7. The van der Waals surface area contributed by atoms with E-state index in [2.05, 4.69) is 80.5 Å². The second-order valence-corrected chi connectivity index (χ2v) is 6.29. The van der Waals surface area contributed by atoms with Crippen molar-refractivity contribution in [2.45, 2.75) is 26.8 Å². The van der Waals surface area contributed by atoms with Crippen LogP contribution in [0.3, 0.4) is 0 Å². The summed E-state index contributed by atoms with van der Waals surface area (Å²) >= 11 is 0. The first-order valence-corrected chi connectivity index (χ1v) is 8.01. The van der Waals surface area contributed by atoms with Gasteiger partial charge in [0.2, 0.25) is 0 Å². The average Bonchev–Trinajstić information content (AvgIpc) is 2.45. The Morgan fingerprint density at radius 3 is 2.43 bits per heavy atom. The molecule has 0 aromatic heterocycles. The number of fused-ring (bicyclic) bond motifs is 1. The van der Waals surface area contributed by atoms with Gasteiger partial charge >= 0.3 is 0 Å². The van der Waals surface area contributed by atoms with E-state index in [1.54, 1.807) is 0 Å². The fourth-order valence-corrected chi connectivity index (χ4v) is 3.08. The van der Waals surface area contributed by atoms with Gasteiger partial charge in [0, 0.05) is 19.1 Å². The lowest BCUT2D eigenvalue weighted by Crippen LogP contribution is -2.34. The largest absolute Gasteiger partial charge is 0.309 e. The van der Waals surface area contributed by atoms with Crippen molar-refractivity contribution in [2.75, 3.05) is 26.7 Å². The maximum atomic E-state index is 3.65. The van der Waals surface area contributed by atoms with Crippen LogP contribution in [0.25, 0.3) is 10.8 Å². The number of benzene rings is 2. The molecule has 0 heterocycles. The van der Waals surface area contributed by atoms with Crippen LogP contribution in [-0.4, -0.2) is 31.6 Å². The van der Waals surface area contributed by atoms with E-state index in [9.17, 15) is 0 Å².